The van der Waals surface area contributed by atoms with Crippen molar-refractivity contribution in [1.29, 1.82) is 0 Å². The third kappa shape index (κ3) is 3.91. The number of hydrogen-bond donors (Lipinski definition) is 1. The minimum atomic E-state index is 0.264. The number of benzene rings is 1. The number of nitrogens with one attached hydrogen (secondary N) is 1. The average Bonchev–Trinajstić information content (AvgIpc) is 2.97. The molecular weight excluding hydrogens is 250 g/mol. The molecule has 0 saturated heterocycles. The van der Waals surface area contributed by atoms with Crippen LogP contribution in [-0.4, -0.2) is 19.3 Å². The van der Waals surface area contributed by atoms with Gasteiger partial charge in [0.25, 0.3) is 0 Å². The van der Waals surface area contributed by atoms with Crippen LogP contribution >= 0.6 is 0 Å². The van der Waals surface area contributed by atoms with E-state index in [-0.39, 0.29) is 6.61 Å². The van der Waals surface area contributed by atoms with Gasteiger partial charge in [-0.15, -0.1) is 6.42 Å². The molecule has 1 aliphatic rings. The highest BCUT2D eigenvalue weighted by Gasteiger charge is 2.16. The molecule has 1 aromatic rings. The van der Waals surface area contributed by atoms with Crippen molar-refractivity contribution >= 4 is 0 Å². The highest BCUT2D eigenvalue weighted by Crippen LogP contribution is 2.31. The molecule has 20 heavy (non-hydrogen) atoms. The van der Waals surface area contributed by atoms with E-state index in [2.05, 4.69) is 17.3 Å². The molecule has 0 atom stereocenters. The second kappa shape index (κ2) is 7.81. The zero-order valence-electron chi connectivity index (χ0n) is 12.2. The van der Waals surface area contributed by atoms with Crippen molar-refractivity contribution in [3.63, 3.8) is 0 Å². The van der Waals surface area contributed by atoms with Crippen molar-refractivity contribution in [1.82, 2.24) is 5.32 Å². The highest BCUT2D eigenvalue weighted by atomic mass is 16.5. The summed E-state index contributed by atoms with van der Waals surface area (Å²) in [5.74, 6) is 4.06. The van der Waals surface area contributed by atoms with Crippen LogP contribution in [0.15, 0.2) is 18.2 Å². The normalized spacial score (nSPS) is 15.0. The van der Waals surface area contributed by atoms with Crippen LogP contribution < -0.4 is 14.8 Å². The monoisotopic (exact) mass is 273 g/mol. The van der Waals surface area contributed by atoms with E-state index >= 15 is 0 Å². The summed E-state index contributed by atoms with van der Waals surface area (Å²) >= 11 is 0. The summed E-state index contributed by atoms with van der Waals surface area (Å²) in [6.07, 6.45) is 10.5. The fraction of sp³-hybridized carbons (Fsp3) is 0.529. The van der Waals surface area contributed by atoms with Gasteiger partial charge in [0.2, 0.25) is 0 Å². The Morgan fingerprint density at radius 3 is 2.80 bits per heavy atom. The summed E-state index contributed by atoms with van der Waals surface area (Å²) in [6.45, 7) is 3.65. The van der Waals surface area contributed by atoms with Crippen molar-refractivity contribution in [2.45, 2.75) is 45.2 Å². The molecule has 1 aromatic carbocycles. The predicted octanol–water partition coefficient (Wildman–Crippen LogP) is 3.13. The predicted molar refractivity (Wildman–Crippen MR) is 81.0 cm³/mol. The number of ether oxygens (including phenoxy) is 2. The molecule has 108 valence electrons. The van der Waals surface area contributed by atoms with Gasteiger partial charge in [-0.3, -0.25) is 0 Å². The molecule has 0 bridgehead atoms. The molecule has 1 aliphatic carbocycles. The molecule has 0 aliphatic heterocycles. The molecule has 0 radical (unpaired) electrons. The standard InChI is InChI=1S/C17H23NO2/c1-3-12-20-17-14(8-7-11-16(17)19-4-2)13-18-15-9-5-6-10-15/h1,7-8,11,15,18H,4-6,9-10,12-13H2,2H3. The molecule has 1 N–H and O–H groups in total. The number of hydrogen-bond acceptors (Lipinski definition) is 3. The van der Waals surface area contributed by atoms with Gasteiger partial charge in [0, 0.05) is 18.2 Å². The zero-order chi connectivity index (χ0) is 14.2. The van der Waals surface area contributed by atoms with Crippen LogP contribution in [0.1, 0.15) is 38.2 Å². The van der Waals surface area contributed by atoms with E-state index in [4.69, 9.17) is 15.9 Å². The van der Waals surface area contributed by atoms with Gasteiger partial charge < -0.3 is 14.8 Å². The summed E-state index contributed by atoms with van der Waals surface area (Å²) in [6, 6.07) is 6.62. The zero-order valence-corrected chi connectivity index (χ0v) is 12.2. The molecule has 0 amide bonds. The van der Waals surface area contributed by atoms with Crippen molar-refractivity contribution in [3.8, 4) is 23.8 Å². The smallest absolute Gasteiger partial charge is 0.167 e. The molecule has 1 fully saturated rings. The summed E-state index contributed by atoms with van der Waals surface area (Å²) in [5.41, 5.74) is 1.11. The van der Waals surface area contributed by atoms with Gasteiger partial charge in [-0.2, -0.15) is 0 Å². The van der Waals surface area contributed by atoms with E-state index in [1.54, 1.807) is 0 Å². The Kier molecular flexibility index (Phi) is 5.76. The van der Waals surface area contributed by atoms with Crippen LogP contribution in [0.2, 0.25) is 0 Å². The first-order valence-electron chi connectivity index (χ1n) is 7.39. The van der Waals surface area contributed by atoms with E-state index in [0.29, 0.717) is 12.6 Å². The maximum Gasteiger partial charge on any atom is 0.167 e. The van der Waals surface area contributed by atoms with E-state index in [0.717, 1.165) is 23.6 Å². The molecular formula is C17H23NO2. The Morgan fingerprint density at radius 1 is 1.30 bits per heavy atom. The van der Waals surface area contributed by atoms with Gasteiger partial charge in [-0.25, -0.2) is 0 Å². The third-order valence-electron chi connectivity index (χ3n) is 3.60. The lowest BCUT2D eigenvalue weighted by Gasteiger charge is -2.17. The summed E-state index contributed by atoms with van der Waals surface area (Å²) < 4.78 is 11.3. The van der Waals surface area contributed by atoms with E-state index in [1.165, 1.54) is 25.7 Å². The topological polar surface area (TPSA) is 30.5 Å². The lowest BCUT2D eigenvalue weighted by molar-refractivity contribution is 0.296. The Morgan fingerprint density at radius 2 is 2.10 bits per heavy atom. The summed E-state index contributed by atoms with van der Waals surface area (Å²) in [4.78, 5) is 0. The number of para-hydroxylation sites is 1. The first-order valence-corrected chi connectivity index (χ1v) is 7.39. The van der Waals surface area contributed by atoms with E-state index in [9.17, 15) is 0 Å². The van der Waals surface area contributed by atoms with Gasteiger partial charge in [-0.05, 0) is 25.8 Å². The molecule has 3 heteroatoms. The fourth-order valence-electron chi connectivity index (χ4n) is 2.63. The second-order valence-electron chi connectivity index (χ2n) is 5.03. The Bertz CT molecular complexity index is 459. The third-order valence-corrected chi connectivity index (χ3v) is 3.60. The van der Waals surface area contributed by atoms with Crippen molar-refractivity contribution in [2.24, 2.45) is 0 Å². The largest absolute Gasteiger partial charge is 0.490 e. The molecule has 0 heterocycles. The van der Waals surface area contributed by atoms with Gasteiger partial charge in [-0.1, -0.05) is 30.9 Å². The number of rotatable bonds is 7. The van der Waals surface area contributed by atoms with Crippen molar-refractivity contribution in [2.75, 3.05) is 13.2 Å². The Balaban J connectivity index is 2.08. The average molecular weight is 273 g/mol. The quantitative estimate of drug-likeness (QED) is 0.774. The second-order valence-corrected chi connectivity index (χ2v) is 5.03. The maximum absolute atomic E-state index is 5.68. The van der Waals surface area contributed by atoms with Crippen LogP contribution in [0.25, 0.3) is 0 Å². The van der Waals surface area contributed by atoms with Crippen LogP contribution in [0.4, 0.5) is 0 Å². The van der Waals surface area contributed by atoms with E-state index in [1.807, 2.05) is 19.1 Å². The molecule has 0 spiro atoms. The molecule has 2 rings (SSSR count). The Labute approximate surface area is 121 Å². The minimum absolute atomic E-state index is 0.264. The first-order chi connectivity index (χ1) is 9.85. The molecule has 0 aromatic heterocycles. The summed E-state index contributed by atoms with van der Waals surface area (Å²) in [5, 5.41) is 3.60. The minimum Gasteiger partial charge on any atom is -0.490 e. The van der Waals surface area contributed by atoms with Crippen molar-refractivity contribution < 1.29 is 9.47 Å². The van der Waals surface area contributed by atoms with Gasteiger partial charge in [0.15, 0.2) is 11.5 Å². The van der Waals surface area contributed by atoms with Crippen LogP contribution in [0, 0.1) is 12.3 Å². The molecule has 0 unspecified atom stereocenters. The van der Waals surface area contributed by atoms with E-state index < -0.39 is 0 Å². The lowest BCUT2D eigenvalue weighted by atomic mass is 10.1. The fourth-order valence-corrected chi connectivity index (χ4v) is 2.63. The molecule has 1 saturated carbocycles. The lowest BCUT2D eigenvalue weighted by Crippen LogP contribution is -2.25. The van der Waals surface area contributed by atoms with Gasteiger partial charge >= 0.3 is 0 Å². The van der Waals surface area contributed by atoms with Crippen LogP contribution in [0.3, 0.4) is 0 Å². The highest BCUT2D eigenvalue weighted by molar-refractivity contribution is 5.46. The van der Waals surface area contributed by atoms with Gasteiger partial charge in [0.05, 0.1) is 6.61 Å². The van der Waals surface area contributed by atoms with Crippen LogP contribution in [0.5, 0.6) is 11.5 Å². The molecule has 3 nitrogen and oxygen atoms in total. The van der Waals surface area contributed by atoms with Crippen LogP contribution in [-0.2, 0) is 6.54 Å². The summed E-state index contributed by atoms with van der Waals surface area (Å²) in [7, 11) is 0. The SMILES string of the molecule is C#CCOc1c(CNC2CCCC2)cccc1OCC. The first kappa shape index (κ1) is 14.7. The van der Waals surface area contributed by atoms with Crippen molar-refractivity contribution in [3.05, 3.63) is 23.8 Å². The van der Waals surface area contributed by atoms with Gasteiger partial charge in [0.1, 0.15) is 6.61 Å². The number of terminal acetylenes is 1. The maximum atomic E-state index is 5.68. The Hall–Kier alpha value is -1.66.